The number of hydrogen-bond acceptors (Lipinski definition) is 7. The van der Waals surface area contributed by atoms with E-state index in [-0.39, 0.29) is 35.4 Å². The summed E-state index contributed by atoms with van der Waals surface area (Å²) in [7, 11) is 0. The van der Waals surface area contributed by atoms with Gasteiger partial charge in [0.15, 0.2) is 5.82 Å². The van der Waals surface area contributed by atoms with Crippen LogP contribution in [-0.2, 0) is 11.2 Å². The van der Waals surface area contributed by atoms with Crippen LogP contribution in [0.5, 0.6) is 6.01 Å². The summed E-state index contributed by atoms with van der Waals surface area (Å²) in [4.78, 5) is 28.4. The third-order valence-electron chi connectivity index (χ3n) is 10.9. The molecule has 5 aliphatic rings. The lowest BCUT2D eigenvalue weighted by atomic mass is 9.93. The van der Waals surface area contributed by atoms with E-state index in [4.69, 9.17) is 26.3 Å². The van der Waals surface area contributed by atoms with Crippen LogP contribution >= 0.6 is 11.6 Å². The van der Waals surface area contributed by atoms with Crippen molar-refractivity contribution < 1.29 is 13.9 Å². The highest BCUT2D eigenvalue weighted by molar-refractivity contribution is 6.34. The van der Waals surface area contributed by atoms with Gasteiger partial charge in [-0.1, -0.05) is 36.4 Å². The van der Waals surface area contributed by atoms with E-state index in [0.717, 1.165) is 57.2 Å². The standard InChI is InChI=1S/C35H36ClFN6O2/c1-2-28(44)43-15-14-41(19-23(43)8-11-38)33-26-18-27(36)30(24-7-3-6-21-16-22-17-25(22)29(21)24)31(37)32(26)39-34(40-33)45-20-35-9-4-12-42(35)13-5-10-35/h2-3,6-7,18,22-23,25H,1,4-5,8-10,12-17,19-20H2/t22?,23-,25?/m0/s1. The van der Waals surface area contributed by atoms with Gasteiger partial charge < -0.3 is 14.5 Å². The smallest absolute Gasteiger partial charge is 0.319 e. The number of piperazine rings is 1. The molecule has 2 unspecified atom stereocenters. The number of halogens is 2. The molecule has 0 spiro atoms. The van der Waals surface area contributed by atoms with Gasteiger partial charge in [-0.2, -0.15) is 15.2 Å². The fourth-order valence-electron chi connectivity index (χ4n) is 8.66. The molecule has 8 nitrogen and oxygen atoms in total. The van der Waals surface area contributed by atoms with Crippen LogP contribution in [0.15, 0.2) is 36.9 Å². The normalized spacial score (nSPS) is 24.7. The molecule has 2 aromatic carbocycles. The molecule has 1 aromatic heterocycles. The quantitative estimate of drug-likeness (QED) is 0.303. The molecule has 1 amide bonds. The third kappa shape index (κ3) is 4.68. The number of nitriles is 1. The molecule has 3 saturated heterocycles. The van der Waals surface area contributed by atoms with Crippen LogP contribution in [0.1, 0.15) is 55.6 Å². The van der Waals surface area contributed by atoms with Crippen molar-refractivity contribution >= 4 is 34.2 Å². The van der Waals surface area contributed by atoms with Gasteiger partial charge in [-0.05, 0) is 92.3 Å². The molecule has 3 atom stereocenters. The Morgan fingerprint density at radius 2 is 2.04 bits per heavy atom. The van der Waals surface area contributed by atoms with Gasteiger partial charge >= 0.3 is 6.01 Å². The van der Waals surface area contributed by atoms with E-state index >= 15 is 4.39 Å². The lowest BCUT2D eigenvalue weighted by molar-refractivity contribution is -0.128. The van der Waals surface area contributed by atoms with Crippen molar-refractivity contribution in [2.75, 3.05) is 44.2 Å². The lowest BCUT2D eigenvalue weighted by Gasteiger charge is -2.41. The van der Waals surface area contributed by atoms with Crippen LogP contribution in [0, 0.1) is 23.1 Å². The molecule has 0 N–H and O–H groups in total. The van der Waals surface area contributed by atoms with Crippen molar-refractivity contribution in [2.24, 2.45) is 5.92 Å². The molecule has 4 fully saturated rings. The molecular formula is C35H36ClFN6O2. The Balaban J connectivity index is 1.23. The molecule has 232 valence electrons. The summed E-state index contributed by atoms with van der Waals surface area (Å²) >= 11 is 6.97. The zero-order valence-electron chi connectivity index (χ0n) is 25.3. The third-order valence-corrected chi connectivity index (χ3v) is 11.2. The molecule has 8 rings (SSSR count). The van der Waals surface area contributed by atoms with Gasteiger partial charge in [0.1, 0.15) is 17.9 Å². The summed E-state index contributed by atoms with van der Waals surface area (Å²) in [5.41, 5.74) is 3.88. The number of anilines is 1. The SMILES string of the molecule is C=CC(=O)N1CCN(c2nc(OCC34CCCN3CCC4)nc3c(F)c(-c4cccc5c4C4CC4C5)c(Cl)cc23)C[C@@H]1CC#N. The molecule has 4 heterocycles. The summed E-state index contributed by atoms with van der Waals surface area (Å²) in [6.07, 6.45) is 8.03. The van der Waals surface area contributed by atoms with Crippen molar-refractivity contribution in [3.63, 3.8) is 0 Å². The first-order valence-corrected chi connectivity index (χ1v) is 16.5. The predicted molar refractivity (Wildman–Crippen MR) is 171 cm³/mol. The monoisotopic (exact) mass is 626 g/mol. The molecule has 0 bridgehead atoms. The number of benzene rings is 2. The summed E-state index contributed by atoms with van der Waals surface area (Å²) in [6, 6.07) is 9.88. The van der Waals surface area contributed by atoms with Crippen molar-refractivity contribution in [3.05, 3.63) is 58.9 Å². The average Bonchev–Trinajstić information content (AvgIpc) is 3.33. The Morgan fingerprint density at radius 3 is 2.82 bits per heavy atom. The van der Waals surface area contributed by atoms with Crippen LogP contribution in [0.3, 0.4) is 0 Å². The highest BCUT2D eigenvalue weighted by atomic mass is 35.5. The molecule has 3 aromatic rings. The molecule has 0 radical (unpaired) electrons. The van der Waals surface area contributed by atoms with E-state index in [9.17, 15) is 10.1 Å². The van der Waals surface area contributed by atoms with Gasteiger partial charge in [-0.15, -0.1) is 0 Å². The van der Waals surface area contributed by atoms with Gasteiger partial charge in [0.2, 0.25) is 5.91 Å². The number of amides is 1. The van der Waals surface area contributed by atoms with Crippen LogP contribution in [0.4, 0.5) is 10.2 Å². The van der Waals surface area contributed by atoms with Crippen molar-refractivity contribution in [2.45, 2.75) is 62.4 Å². The van der Waals surface area contributed by atoms with E-state index in [1.165, 1.54) is 17.2 Å². The predicted octanol–water partition coefficient (Wildman–Crippen LogP) is 5.87. The molecular weight excluding hydrogens is 591 g/mol. The van der Waals surface area contributed by atoms with Gasteiger partial charge in [-0.3, -0.25) is 9.69 Å². The highest BCUT2D eigenvalue weighted by Crippen LogP contribution is 2.59. The van der Waals surface area contributed by atoms with Gasteiger partial charge in [0.25, 0.3) is 0 Å². The Hall–Kier alpha value is -3.74. The van der Waals surface area contributed by atoms with Gasteiger partial charge in [-0.25, -0.2) is 4.39 Å². The van der Waals surface area contributed by atoms with E-state index in [0.29, 0.717) is 59.9 Å². The lowest BCUT2D eigenvalue weighted by Crippen LogP contribution is -2.55. The van der Waals surface area contributed by atoms with E-state index < -0.39 is 5.82 Å². The largest absolute Gasteiger partial charge is 0.461 e. The van der Waals surface area contributed by atoms with E-state index in [2.05, 4.69) is 23.6 Å². The van der Waals surface area contributed by atoms with Crippen molar-refractivity contribution in [1.82, 2.24) is 19.8 Å². The molecule has 10 heteroatoms. The number of carbonyl (C=O) groups excluding carboxylic acids is 1. The zero-order chi connectivity index (χ0) is 30.9. The molecule has 1 saturated carbocycles. The Labute approximate surface area is 267 Å². The Bertz CT molecular complexity index is 1760. The Morgan fingerprint density at radius 1 is 1.22 bits per heavy atom. The summed E-state index contributed by atoms with van der Waals surface area (Å²) in [5.74, 6) is 0.933. The summed E-state index contributed by atoms with van der Waals surface area (Å²) in [5, 5.41) is 10.4. The molecule has 2 aliphatic carbocycles. The number of hydrogen-bond donors (Lipinski definition) is 0. The highest BCUT2D eigenvalue weighted by Gasteiger charge is 2.47. The first-order chi connectivity index (χ1) is 21.9. The first kappa shape index (κ1) is 28.7. The van der Waals surface area contributed by atoms with Crippen LogP contribution in [0.2, 0.25) is 5.02 Å². The minimum Gasteiger partial charge on any atom is -0.461 e. The fourth-order valence-corrected chi connectivity index (χ4v) is 8.96. The molecule has 3 aliphatic heterocycles. The number of aromatic nitrogens is 2. The van der Waals surface area contributed by atoms with Crippen LogP contribution < -0.4 is 9.64 Å². The maximum atomic E-state index is 17.0. The molecule has 45 heavy (non-hydrogen) atoms. The number of carbonyl (C=O) groups is 1. The number of nitrogens with zero attached hydrogens (tertiary/aromatic N) is 6. The van der Waals surface area contributed by atoms with E-state index in [1.54, 1.807) is 11.0 Å². The zero-order valence-corrected chi connectivity index (χ0v) is 26.0. The summed E-state index contributed by atoms with van der Waals surface area (Å²) < 4.78 is 23.3. The number of rotatable bonds is 7. The van der Waals surface area contributed by atoms with Crippen LogP contribution in [0.25, 0.3) is 22.0 Å². The second-order valence-electron chi connectivity index (χ2n) is 13.4. The van der Waals surface area contributed by atoms with Gasteiger partial charge in [0.05, 0.1) is 29.1 Å². The summed E-state index contributed by atoms with van der Waals surface area (Å²) in [6.45, 7) is 7.40. The van der Waals surface area contributed by atoms with Gasteiger partial charge in [0, 0.05) is 30.6 Å². The number of ether oxygens (including phenoxy) is 1. The number of fused-ring (bicyclic) bond motifs is 5. The fraction of sp³-hybridized carbons (Fsp3) is 0.486. The maximum Gasteiger partial charge on any atom is 0.319 e. The second-order valence-corrected chi connectivity index (χ2v) is 13.8. The first-order valence-electron chi connectivity index (χ1n) is 16.2. The van der Waals surface area contributed by atoms with Crippen molar-refractivity contribution in [1.29, 1.82) is 5.26 Å². The minimum atomic E-state index is -0.473. The minimum absolute atomic E-state index is 0.0256. The van der Waals surface area contributed by atoms with Crippen molar-refractivity contribution in [3.8, 4) is 23.2 Å². The average molecular weight is 627 g/mol. The maximum absolute atomic E-state index is 17.0. The van der Waals surface area contributed by atoms with Crippen LogP contribution in [-0.4, -0.2) is 76.6 Å². The topological polar surface area (TPSA) is 85.6 Å². The Kier molecular flexibility index (Phi) is 6.99. The van der Waals surface area contributed by atoms with E-state index in [1.807, 2.05) is 17.0 Å². The second kappa shape index (κ2) is 11.0.